The molecule has 0 saturated heterocycles. The summed E-state index contributed by atoms with van der Waals surface area (Å²) in [5, 5.41) is 12.3. The van der Waals surface area contributed by atoms with Gasteiger partial charge in [0, 0.05) is 13.1 Å². The van der Waals surface area contributed by atoms with E-state index in [0.29, 0.717) is 17.4 Å². The summed E-state index contributed by atoms with van der Waals surface area (Å²) in [5.41, 5.74) is 0. The van der Waals surface area contributed by atoms with Crippen molar-refractivity contribution in [1.82, 2.24) is 4.98 Å². The largest absolute Gasteiger partial charge is 0.395 e. The van der Waals surface area contributed by atoms with E-state index in [0.717, 1.165) is 0 Å². The van der Waals surface area contributed by atoms with Crippen molar-refractivity contribution in [3.8, 4) is 0 Å². The van der Waals surface area contributed by atoms with Gasteiger partial charge < -0.3 is 15.3 Å². The van der Waals surface area contributed by atoms with Crippen LogP contribution in [0, 0.1) is 0 Å². The van der Waals surface area contributed by atoms with Gasteiger partial charge in [-0.3, -0.25) is 0 Å². The molecule has 1 aromatic rings. The molecule has 0 atom stereocenters. The fourth-order valence-corrected chi connectivity index (χ4v) is 2.09. The van der Waals surface area contributed by atoms with Crippen molar-refractivity contribution < 1.29 is 13.9 Å². The average Bonchev–Trinajstić information content (AvgIpc) is 2.32. The van der Waals surface area contributed by atoms with Gasteiger partial charge in [0.1, 0.15) is 11.6 Å². The molecular formula is C11H15Cl2F2N3O. The molecule has 0 amide bonds. The minimum Gasteiger partial charge on any atom is -0.395 e. The topological polar surface area (TPSA) is 48.4 Å². The minimum absolute atomic E-state index is 0.0181. The van der Waals surface area contributed by atoms with Crippen LogP contribution in [0.15, 0.2) is 6.07 Å². The van der Waals surface area contributed by atoms with Crippen LogP contribution in [0.25, 0.3) is 0 Å². The van der Waals surface area contributed by atoms with E-state index in [9.17, 15) is 8.78 Å². The quantitative estimate of drug-likeness (QED) is 0.812. The summed E-state index contributed by atoms with van der Waals surface area (Å²) in [6, 6.07) is 1.44. The monoisotopic (exact) mass is 313 g/mol. The van der Waals surface area contributed by atoms with Crippen LogP contribution in [0.3, 0.4) is 0 Å². The lowest BCUT2D eigenvalue weighted by molar-refractivity contribution is 0.152. The van der Waals surface area contributed by atoms with Crippen molar-refractivity contribution in [3.05, 3.63) is 16.1 Å². The first-order valence-corrected chi connectivity index (χ1v) is 6.49. The lowest BCUT2D eigenvalue weighted by Gasteiger charge is -2.24. The van der Waals surface area contributed by atoms with Crippen LogP contribution in [0.2, 0.25) is 10.0 Å². The fraction of sp³-hybridized carbons (Fsp3) is 0.545. The number of nitrogens with one attached hydrogen (secondary N) is 1. The van der Waals surface area contributed by atoms with Crippen molar-refractivity contribution in [2.45, 2.75) is 13.3 Å². The van der Waals surface area contributed by atoms with E-state index < -0.39 is 13.0 Å². The fourth-order valence-electron chi connectivity index (χ4n) is 1.54. The summed E-state index contributed by atoms with van der Waals surface area (Å²) in [6.07, 6.45) is -2.55. The maximum absolute atomic E-state index is 12.5. The van der Waals surface area contributed by atoms with E-state index >= 15 is 0 Å². The summed E-state index contributed by atoms with van der Waals surface area (Å²) in [7, 11) is 0. The molecule has 0 bridgehead atoms. The Balaban J connectivity index is 3.09. The maximum Gasteiger partial charge on any atom is 0.255 e. The Kier molecular flexibility index (Phi) is 6.54. The number of hydrogen-bond donors (Lipinski definition) is 2. The zero-order valence-electron chi connectivity index (χ0n) is 10.3. The molecule has 0 saturated carbocycles. The second-order valence-electron chi connectivity index (χ2n) is 3.72. The number of aliphatic hydroxyl groups is 1. The van der Waals surface area contributed by atoms with Crippen molar-refractivity contribution in [1.29, 1.82) is 0 Å². The van der Waals surface area contributed by atoms with Crippen LogP contribution in [0.5, 0.6) is 0 Å². The number of pyridine rings is 1. The highest BCUT2D eigenvalue weighted by molar-refractivity contribution is 6.37. The molecule has 1 heterocycles. The molecule has 0 aliphatic heterocycles. The number of alkyl halides is 2. The first-order chi connectivity index (χ1) is 8.99. The highest BCUT2D eigenvalue weighted by Crippen LogP contribution is 2.31. The number of hydrogen-bond acceptors (Lipinski definition) is 4. The number of aromatic nitrogens is 1. The molecule has 2 N–H and O–H groups in total. The van der Waals surface area contributed by atoms with Gasteiger partial charge >= 0.3 is 0 Å². The Morgan fingerprint density at radius 1 is 1.42 bits per heavy atom. The molecule has 19 heavy (non-hydrogen) atoms. The molecule has 0 aliphatic carbocycles. The third-order valence-corrected chi connectivity index (χ3v) is 2.85. The second-order valence-corrected chi connectivity index (χ2v) is 4.53. The van der Waals surface area contributed by atoms with Gasteiger partial charge in [0.15, 0.2) is 0 Å². The Labute approximate surface area is 120 Å². The van der Waals surface area contributed by atoms with Crippen LogP contribution in [-0.4, -0.2) is 42.8 Å². The molecule has 1 rings (SSSR count). The van der Waals surface area contributed by atoms with Gasteiger partial charge in [0.25, 0.3) is 6.43 Å². The lowest BCUT2D eigenvalue weighted by Crippen LogP contribution is -2.32. The number of rotatable bonds is 7. The van der Waals surface area contributed by atoms with E-state index in [1.807, 2.05) is 6.92 Å². The Morgan fingerprint density at radius 2 is 2.11 bits per heavy atom. The SMILES string of the molecule is CCNc1nc(N(CCO)CC(F)F)c(Cl)cc1Cl. The molecule has 0 aliphatic rings. The summed E-state index contributed by atoms with van der Waals surface area (Å²) >= 11 is 11.9. The van der Waals surface area contributed by atoms with E-state index in [2.05, 4.69) is 10.3 Å². The predicted molar refractivity (Wildman–Crippen MR) is 73.7 cm³/mol. The summed E-state index contributed by atoms with van der Waals surface area (Å²) < 4.78 is 25.0. The molecule has 4 nitrogen and oxygen atoms in total. The Morgan fingerprint density at radius 3 is 2.63 bits per heavy atom. The third kappa shape index (κ3) is 4.63. The van der Waals surface area contributed by atoms with Gasteiger partial charge in [-0.2, -0.15) is 0 Å². The average molecular weight is 314 g/mol. The first kappa shape index (κ1) is 16.2. The van der Waals surface area contributed by atoms with Gasteiger partial charge in [0.05, 0.1) is 23.2 Å². The highest BCUT2D eigenvalue weighted by atomic mass is 35.5. The minimum atomic E-state index is -2.55. The molecule has 0 spiro atoms. The zero-order chi connectivity index (χ0) is 14.4. The molecule has 0 unspecified atom stereocenters. The number of halogens is 4. The van der Waals surface area contributed by atoms with E-state index in [1.54, 1.807) is 0 Å². The molecule has 108 valence electrons. The van der Waals surface area contributed by atoms with E-state index in [1.165, 1.54) is 11.0 Å². The van der Waals surface area contributed by atoms with Crippen molar-refractivity contribution in [3.63, 3.8) is 0 Å². The molecule has 1 aromatic heterocycles. The highest BCUT2D eigenvalue weighted by Gasteiger charge is 2.18. The number of aliphatic hydroxyl groups excluding tert-OH is 1. The molecular weight excluding hydrogens is 299 g/mol. The van der Waals surface area contributed by atoms with E-state index in [-0.39, 0.29) is 24.0 Å². The van der Waals surface area contributed by atoms with Crippen molar-refractivity contribution in [2.75, 3.05) is 36.5 Å². The molecule has 0 radical (unpaired) electrons. The number of anilines is 2. The summed E-state index contributed by atoms with van der Waals surface area (Å²) in [6.45, 7) is 1.63. The maximum atomic E-state index is 12.5. The third-order valence-electron chi connectivity index (χ3n) is 2.28. The van der Waals surface area contributed by atoms with Crippen LogP contribution < -0.4 is 10.2 Å². The normalized spacial score (nSPS) is 10.9. The smallest absolute Gasteiger partial charge is 0.255 e. The lowest BCUT2D eigenvalue weighted by atomic mass is 10.3. The van der Waals surface area contributed by atoms with Crippen molar-refractivity contribution >= 4 is 34.8 Å². The molecule has 8 heteroatoms. The van der Waals surface area contributed by atoms with Crippen LogP contribution in [0.4, 0.5) is 20.4 Å². The Bertz CT molecular complexity index is 421. The Hall–Kier alpha value is -0.850. The van der Waals surface area contributed by atoms with Gasteiger partial charge in [-0.1, -0.05) is 23.2 Å². The van der Waals surface area contributed by atoms with Crippen LogP contribution in [0.1, 0.15) is 6.92 Å². The molecule has 0 aromatic carbocycles. The van der Waals surface area contributed by atoms with Gasteiger partial charge in [-0.25, -0.2) is 13.8 Å². The predicted octanol–water partition coefficient (Wildman–Crippen LogP) is 2.88. The summed E-state index contributed by atoms with van der Waals surface area (Å²) in [5.74, 6) is 0.553. The van der Waals surface area contributed by atoms with Crippen LogP contribution in [-0.2, 0) is 0 Å². The van der Waals surface area contributed by atoms with Gasteiger partial charge in [-0.05, 0) is 13.0 Å². The standard InChI is InChI=1S/C11H15Cl2F2N3O/c1-2-16-10-7(12)5-8(13)11(17-10)18(3-4-19)6-9(14)15/h5,9,19H,2-4,6H2,1H3,(H,16,17). The first-order valence-electron chi connectivity index (χ1n) is 5.73. The summed E-state index contributed by atoms with van der Waals surface area (Å²) in [4.78, 5) is 5.37. The van der Waals surface area contributed by atoms with Gasteiger partial charge in [-0.15, -0.1) is 0 Å². The van der Waals surface area contributed by atoms with Gasteiger partial charge in [0.2, 0.25) is 0 Å². The van der Waals surface area contributed by atoms with E-state index in [4.69, 9.17) is 28.3 Å². The van der Waals surface area contributed by atoms with Crippen molar-refractivity contribution in [2.24, 2.45) is 0 Å². The zero-order valence-corrected chi connectivity index (χ0v) is 11.8. The number of nitrogens with zero attached hydrogens (tertiary/aromatic N) is 2. The molecule has 0 fully saturated rings. The van der Waals surface area contributed by atoms with Crippen LogP contribution >= 0.6 is 23.2 Å². The second kappa shape index (κ2) is 7.67.